The van der Waals surface area contributed by atoms with Crippen molar-refractivity contribution in [1.29, 1.82) is 0 Å². The molecule has 0 bridgehead atoms. The quantitative estimate of drug-likeness (QED) is 0.860. The summed E-state index contributed by atoms with van der Waals surface area (Å²) in [6.45, 7) is 6.69. The fourth-order valence-corrected chi connectivity index (χ4v) is 3.06. The summed E-state index contributed by atoms with van der Waals surface area (Å²) in [5, 5.41) is 2.07. The van der Waals surface area contributed by atoms with E-state index in [9.17, 15) is 4.79 Å². The second kappa shape index (κ2) is 6.09. The zero-order chi connectivity index (χ0) is 14.7. The zero-order valence-corrected chi connectivity index (χ0v) is 12.8. The van der Waals surface area contributed by atoms with Crippen LogP contribution in [0.15, 0.2) is 11.4 Å². The maximum Gasteiger partial charge on any atom is 0.360 e. The number of nitrogen functional groups attached to an aromatic ring is 1. The van der Waals surface area contributed by atoms with E-state index in [4.69, 9.17) is 10.5 Å². The summed E-state index contributed by atoms with van der Waals surface area (Å²) in [5.41, 5.74) is 7.56. The molecule has 0 radical (unpaired) electrons. The first kappa shape index (κ1) is 14.6. The molecule has 5 nitrogen and oxygen atoms in total. The average Bonchev–Trinajstić information content (AvgIpc) is 2.98. The molecule has 2 aromatic heterocycles. The second-order valence-corrected chi connectivity index (χ2v) is 5.42. The summed E-state index contributed by atoms with van der Waals surface area (Å²) < 4.78 is 6.82. The van der Waals surface area contributed by atoms with E-state index in [-0.39, 0.29) is 5.69 Å². The second-order valence-electron chi connectivity index (χ2n) is 4.42. The molecule has 0 aliphatic heterocycles. The Morgan fingerprint density at radius 2 is 2.25 bits per heavy atom. The van der Waals surface area contributed by atoms with Crippen molar-refractivity contribution in [1.82, 2.24) is 9.55 Å². The molecule has 0 spiro atoms. The lowest BCUT2D eigenvalue weighted by molar-refractivity contribution is 0.0521. The molecule has 2 heterocycles. The fraction of sp³-hybridized carbons (Fsp3) is 0.429. The number of nitrogens with zero attached hydrogens (tertiary/aromatic N) is 2. The van der Waals surface area contributed by atoms with Gasteiger partial charge < -0.3 is 15.0 Å². The minimum atomic E-state index is -0.464. The van der Waals surface area contributed by atoms with Crippen LogP contribution in [0.4, 0.5) is 5.82 Å². The summed E-state index contributed by atoms with van der Waals surface area (Å²) in [6, 6.07) is 2.12. The number of nitrogens with two attached hydrogens (primary N) is 1. The highest BCUT2D eigenvalue weighted by Gasteiger charge is 2.20. The van der Waals surface area contributed by atoms with Gasteiger partial charge in [-0.2, -0.15) is 0 Å². The number of ether oxygens (including phenoxy) is 1. The molecule has 2 aromatic rings. The fourth-order valence-electron chi connectivity index (χ4n) is 2.10. The third-order valence-corrected chi connectivity index (χ3v) is 4.13. The standard InChI is InChI=1S/C14H19N3O2S/c1-4-10-6-7-20-11(10)8-17-9(3)16-12(13(17)15)14(18)19-5-2/h6-7H,4-5,8,15H2,1-3H3. The Balaban J connectivity index is 2.31. The maximum absolute atomic E-state index is 11.8. The molecular formula is C14H19N3O2S. The van der Waals surface area contributed by atoms with Crippen molar-refractivity contribution in [3.8, 4) is 0 Å². The molecule has 0 fully saturated rings. The van der Waals surface area contributed by atoms with Crippen LogP contribution in [0.25, 0.3) is 0 Å². The molecule has 2 N–H and O–H groups in total. The van der Waals surface area contributed by atoms with E-state index in [0.29, 0.717) is 19.0 Å². The number of carbonyl (C=O) groups excluding carboxylic acids is 1. The highest BCUT2D eigenvalue weighted by atomic mass is 32.1. The number of esters is 1. The van der Waals surface area contributed by atoms with E-state index < -0.39 is 5.97 Å². The molecular weight excluding hydrogens is 274 g/mol. The Bertz CT molecular complexity index is 616. The normalized spacial score (nSPS) is 10.8. The van der Waals surface area contributed by atoms with Gasteiger partial charge in [-0.15, -0.1) is 11.3 Å². The summed E-state index contributed by atoms with van der Waals surface area (Å²) in [4.78, 5) is 17.3. The number of hydrogen-bond donors (Lipinski definition) is 1. The van der Waals surface area contributed by atoms with Gasteiger partial charge in [-0.05, 0) is 37.3 Å². The van der Waals surface area contributed by atoms with Gasteiger partial charge in [0.15, 0.2) is 5.69 Å². The SMILES string of the molecule is CCOC(=O)c1nc(C)n(Cc2sccc2CC)c1N. The van der Waals surface area contributed by atoms with E-state index in [0.717, 1.165) is 12.2 Å². The van der Waals surface area contributed by atoms with Crippen LogP contribution in [0, 0.1) is 6.92 Å². The predicted molar refractivity (Wildman–Crippen MR) is 80.1 cm³/mol. The molecule has 20 heavy (non-hydrogen) atoms. The predicted octanol–water partition coefficient (Wildman–Crippen LogP) is 2.62. The lowest BCUT2D eigenvalue weighted by Crippen LogP contribution is -2.10. The number of aryl methyl sites for hydroxylation is 2. The van der Waals surface area contributed by atoms with Crippen LogP contribution in [0.1, 0.15) is 40.6 Å². The van der Waals surface area contributed by atoms with E-state index >= 15 is 0 Å². The Morgan fingerprint density at radius 3 is 2.90 bits per heavy atom. The molecule has 0 aliphatic carbocycles. The Morgan fingerprint density at radius 1 is 1.50 bits per heavy atom. The van der Waals surface area contributed by atoms with Crippen molar-refractivity contribution in [2.45, 2.75) is 33.7 Å². The van der Waals surface area contributed by atoms with Crippen molar-refractivity contribution in [2.24, 2.45) is 0 Å². The van der Waals surface area contributed by atoms with Crippen LogP contribution in [0.3, 0.4) is 0 Å². The van der Waals surface area contributed by atoms with Gasteiger partial charge in [-0.3, -0.25) is 0 Å². The maximum atomic E-state index is 11.8. The number of hydrogen-bond acceptors (Lipinski definition) is 5. The average molecular weight is 293 g/mol. The number of rotatable bonds is 5. The van der Waals surface area contributed by atoms with Gasteiger partial charge in [0.25, 0.3) is 0 Å². The molecule has 2 rings (SSSR count). The third kappa shape index (κ3) is 2.70. The van der Waals surface area contributed by atoms with Crippen LogP contribution in [0.2, 0.25) is 0 Å². The molecule has 0 saturated heterocycles. The van der Waals surface area contributed by atoms with Crippen LogP contribution >= 0.6 is 11.3 Å². The summed E-state index contributed by atoms with van der Waals surface area (Å²) in [5.74, 6) is 0.631. The van der Waals surface area contributed by atoms with Crippen molar-refractivity contribution in [3.05, 3.63) is 33.4 Å². The zero-order valence-electron chi connectivity index (χ0n) is 12.0. The Labute approximate surface area is 122 Å². The lowest BCUT2D eigenvalue weighted by atomic mass is 10.2. The van der Waals surface area contributed by atoms with Crippen molar-refractivity contribution >= 4 is 23.1 Å². The topological polar surface area (TPSA) is 70.1 Å². The molecule has 0 amide bonds. The number of thiophene rings is 1. The smallest absolute Gasteiger partial charge is 0.360 e. The lowest BCUT2D eigenvalue weighted by Gasteiger charge is -2.08. The number of aromatic nitrogens is 2. The first-order valence-corrected chi connectivity index (χ1v) is 7.51. The molecule has 0 atom stereocenters. The van der Waals surface area contributed by atoms with Gasteiger partial charge >= 0.3 is 5.97 Å². The van der Waals surface area contributed by atoms with Crippen molar-refractivity contribution in [2.75, 3.05) is 12.3 Å². The first-order chi connectivity index (χ1) is 9.58. The van der Waals surface area contributed by atoms with Crippen molar-refractivity contribution in [3.63, 3.8) is 0 Å². The Hall–Kier alpha value is -1.82. The number of imidazole rings is 1. The summed E-state index contributed by atoms with van der Waals surface area (Å²) in [7, 11) is 0. The van der Waals surface area contributed by atoms with Gasteiger partial charge in [0.1, 0.15) is 11.6 Å². The summed E-state index contributed by atoms with van der Waals surface area (Å²) >= 11 is 1.69. The van der Waals surface area contributed by atoms with Gasteiger partial charge in [0.2, 0.25) is 0 Å². The van der Waals surface area contributed by atoms with E-state index in [1.54, 1.807) is 18.3 Å². The van der Waals surface area contributed by atoms with Crippen LogP contribution < -0.4 is 5.73 Å². The van der Waals surface area contributed by atoms with E-state index in [2.05, 4.69) is 23.4 Å². The van der Waals surface area contributed by atoms with Gasteiger partial charge in [0, 0.05) is 4.88 Å². The van der Waals surface area contributed by atoms with Crippen LogP contribution in [0.5, 0.6) is 0 Å². The van der Waals surface area contributed by atoms with Crippen LogP contribution in [-0.2, 0) is 17.7 Å². The largest absolute Gasteiger partial charge is 0.461 e. The highest BCUT2D eigenvalue weighted by Crippen LogP contribution is 2.23. The number of carbonyl (C=O) groups is 1. The molecule has 0 aromatic carbocycles. The number of anilines is 1. The molecule has 0 unspecified atom stereocenters. The minimum Gasteiger partial charge on any atom is -0.461 e. The van der Waals surface area contributed by atoms with E-state index in [1.165, 1.54) is 10.4 Å². The van der Waals surface area contributed by atoms with Gasteiger partial charge in [0.05, 0.1) is 13.2 Å². The minimum absolute atomic E-state index is 0.207. The van der Waals surface area contributed by atoms with Gasteiger partial charge in [-0.25, -0.2) is 9.78 Å². The van der Waals surface area contributed by atoms with Crippen LogP contribution in [-0.4, -0.2) is 22.1 Å². The monoisotopic (exact) mass is 293 g/mol. The molecule has 0 saturated carbocycles. The van der Waals surface area contributed by atoms with Crippen molar-refractivity contribution < 1.29 is 9.53 Å². The first-order valence-electron chi connectivity index (χ1n) is 6.63. The molecule has 0 aliphatic rings. The van der Waals surface area contributed by atoms with E-state index in [1.807, 2.05) is 11.5 Å². The highest BCUT2D eigenvalue weighted by molar-refractivity contribution is 7.10. The Kier molecular flexibility index (Phi) is 4.44. The molecule has 6 heteroatoms. The van der Waals surface area contributed by atoms with Gasteiger partial charge in [-0.1, -0.05) is 6.92 Å². The molecule has 108 valence electrons. The summed E-state index contributed by atoms with van der Waals surface area (Å²) in [6.07, 6.45) is 0.983. The third-order valence-electron chi connectivity index (χ3n) is 3.19.